The summed E-state index contributed by atoms with van der Waals surface area (Å²) in [5, 5.41) is 1.08. The van der Waals surface area contributed by atoms with E-state index in [1.54, 1.807) is 46.2 Å². The molecular formula is C33H33Cl2FN2O5. The van der Waals surface area contributed by atoms with Gasteiger partial charge in [-0.2, -0.15) is 0 Å². The number of rotatable bonds is 9. The molecule has 3 aromatic rings. The number of carbonyl (C=O) groups is 3. The van der Waals surface area contributed by atoms with E-state index < -0.39 is 30.2 Å². The minimum atomic E-state index is -0.943. The Balaban J connectivity index is 1.59. The standard InChI is InChI=1S/C33H33Cl2FN2O5/c1-3-4-27(31(39)37-18-23(19-37)33(41)42-2)38-29(21-7-11-24(34)12-8-21)30(22-9-13-25(35)14-10-22)43-28(32(38)40)17-20-5-15-26(36)16-6-20/h5-16,23,27-30H,3-4,17-19H2,1-2H3/t27-,28+,29-,30+/m0/s1. The topological polar surface area (TPSA) is 76.2 Å². The molecule has 0 aliphatic carbocycles. The van der Waals surface area contributed by atoms with Gasteiger partial charge < -0.3 is 19.3 Å². The van der Waals surface area contributed by atoms with Crippen molar-refractivity contribution in [3.63, 3.8) is 0 Å². The van der Waals surface area contributed by atoms with Crippen molar-refractivity contribution in [2.45, 2.75) is 50.5 Å². The molecule has 0 radical (unpaired) electrons. The van der Waals surface area contributed by atoms with E-state index in [1.807, 2.05) is 31.2 Å². The van der Waals surface area contributed by atoms with Crippen molar-refractivity contribution >= 4 is 41.0 Å². The predicted molar refractivity (Wildman–Crippen MR) is 161 cm³/mol. The number of likely N-dealkylation sites (tertiary alicyclic amines) is 1. The first-order valence-electron chi connectivity index (χ1n) is 14.3. The molecule has 2 saturated heterocycles. The van der Waals surface area contributed by atoms with E-state index in [9.17, 15) is 18.8 Å². The quantitative estimate of drug-likeness (QED) is 0.265. The summed E-state index contributed by atoms with van der Waals surface area (Å²) >= 11 is 12.5. The third-order valence-electron chi connectivity index (χ3n) is 8.08. The van der Waals surface area contributed by atoms with Gasteiger partial charge in [0.25, 0.3) is 5.91 Å². The summed E-state index contributed by atoms with van der Waals surface area (Å²) in [7, 11) is 1.33. The highest BCUT2D eigenvalue weighted by Gasteiger charge is 2.50. The lowest BCUT2D eigenvalue weighted by Gasteiger charge is -2.49. The maximum Gasteiger partial charge on any atom is 0.312 e. The number of nitrogens with zero attached hydrogens (tertiary/aromatic N) is 2. The lowest BCUT2D eigenvalue weighted by molar-refractivity contribution is -0.185. The second-order valence-corrected chi connectivity index (χ2v) is 11.8. The lowest BCUT2D eigenvalue weighted by Crippen LogP contribution is -2.63. The van der Waals surface area contributed by atoms with Crippen LogP contribution in [0.25, 0.3) is 0 Å². The van der Waals surface area contributed by atoms with Gasteiger partial charge in [0.2, 0.25) is 5.91 Å². The first-order valence-corrected chi connectivity index (χ1v) is 15.0. The van der Waals surface area contributed by atoms with Gasteiger partial charge in [0, 0.05) is 29.6 Å². The summed E-state index contributed by atoms with van der Waals surface area (Å²) in [5.41, 5.74) is 2.26. The smallest absolute Gasteiger partial charge is 0.312 e. The monoisotopic (exact) mass is 626 g/mol. The number of amides is 2. The molecule has 4 atom stereocenters. The van der Waals surface area contributed by atoms with E-state index in [2.05, 4.69) is 0 Å². The summed E-state index contributed by atoms with van der Waals surface area (Å²) in [6.45, 7) is 2.42. The SMILES string of the molecule is CCC[C@@H](C(=O)N1CC(C(=O)OC)C1)N1C(=O)[C@@H](Cc2ccc(F)cc2)O[C@H](c2ccc(Cl)cc2)[C@@H]1c1ccc(Cl)cc1. The fourth-order valence-corrected chi connectivity index (χ4v) is 6.08. The van der Waals surface area contributed by atoms with Gasteiger partial charge in [-0.15, -0.1) is 0 Å². The second-order valence-electron chi connectivity index (χ2n) is 10.9. The molecule has 0 spiro atoms. The van der Waals surface area contributed by atoms with Crippen LogP contribution in [0, 0.1) is 11.7 Å². The van der Waals surface area contributed by atoms with Crippen LogP contribution in [0.3, 0.4) is 0 Å². The number of morpholine rings is 1. The van der Waals surface area contributed by atoms with Crippen LogP contribution in [-0.4, -0.2) is 59.9 Å². The largest absolute Gasteiger partial charge is 0.469 e. The molecule has 0 saturated carbocycles. The molecule has 43 heavy (non-hydrogen) atoms. The fourth-order valence-electron chi connectivity index (χ4n) is 5.82. The number of halogens is 3. The Morgan fingerprint density at radius 1 is 0.953 bits per heavy atom. The van der Waals surface area contributed by atoms with Crippen molar-refractivity contribution in [3.05, 3.63) is 105 Å². The average molecular weight is 628 g/mol. The summed E-state index contributed by atoms with van der Waals surface area (Å²) in [6.07, 6.45) is -0.371. The summed E-state index contributed by atoms with van der Waals surface area (Å²) in [5.74, 6) is -1.70. The van der Waals surface area contributed by atoms with Crippen molar-refractivity contribution in [3.8, 4) is 0 Å². The van der Waals surface area contributed by atoms with Crippen molar-refractivity contribution in [2.75, 3.05) is 20.2 Å². The normalized spacial score (nSPS) is 21.3. The molecule has 0 unspecified atom stereocenters. The highest BCUT2D eigenvalue weighted by Crippen LogP contribution is 2.45. The van der Waals surface area contributed by atoms with Crippen molar-refractivity contribution in [2.24, 2.45) is 5.92 Å². The summed E-state index contributed by atoms with van der Waals surface area (Å²) in [4.78, 5) is 43.9. The molecule has 0 aromatic heterocycles. The number of carbonyl (C=O) groups excluding carboxylic acids is 3. The molecule has 10 heteroatoms. The Labute approximate surface area is 260 Å². The zero-order valence-electron chi connectivity index (χ0n) is 23.9. The van der Waals surface area contributed by atoms with Gasteiger partial charge in [-0.1, -0.05) is 72.9 Å². The van der Waals surface area contributed by atoms with Crippen LogP contribution in [0.5, 0.6) is 0 Å². The number of hydrogen-bond donors (Lipinski definition) is 0. The fraction of sp³-hybridized carbons (Fsp3) is 0.364. The third-order valence-corrected chi connectivity index (χ3v) is 8.59. The molecule has 0 N–H and O–H groups in total. The van der Waals surface area contributed by atoms with Crippen LogP contribution < -0.4 is 0 Å². The number of benzene rings is 3. The molecule has 2 fully saturated rings. The molecule has 0 bridgehead atoms. The molecule has 2 amide bonds. The predicted octanol–water partition coefficient (Wildman–Crippen LogP) is 6.19. The number of hydrogen-bond acceptors (Lipinski definition) is 5. The molecule has 226 valence electrons. The van der Waals surface area contributed by atoms with E-state index in [-0.39, 0.29) is 43.1 Å². The maximum atomic E-state index is 14.5. The van der Waals surface area contributed by atoms with Gasteiger partial charge in [-0.3, -0.25) is 14.4 Å². The van der Waals surface area contributed by atoms with Crippen LogP contribution in [0.2, 0.25) is 10.0 Å². The molecule has 3 aromatic carbocycles. The van der Waals surface area contributed by atoms with Crippen molar-refractivity contribution in [1.82, 2.24) is 9.80 Å². The highest BCUT2D eigenvalue weighted by molar-refractivity contribution is 6.30. The lowest BCUT2D eigenvalue weighted by atomic mass is 9.88. The third kappa shape index (κ3) is 6.71. The molecule has 2 aliphatic rings. The van der Waals surface area contributed by atoms with Gasteiger partial charge in [-0.05, 0) is 59.5 Å². The zero-order valence-corrected chi connectivity index (χ0v) is 25.4. The molecule has 2 aliphatic heterocycles. The molecule has 5 rings (SSSR count). The van der Waals surface area contributed by atoms with Crippen LogP contribution >= 0.6 is 23.2 Å². The van der Waals surface area contributed by atoms with Crippen LogP contribution in [0.15, 0.2) is 72.8 Å². The van der Waals surface area contributed by atoms with Gasteiger partial charge in [-0.25, -0.2) is 4.39 Å². The molecular weight excluding hydrogens is 594 g/mol. The van der Waals surface area contributed by atoms with Crippen LogP contribution in [-0.2, 0) is 30.3 Å². The van der Waals surface area contributed by atoms with Gasteiger partial charge >= 0.3 is 5.97 Å². The minimum absolute atomic E-state index is 0.189. The molecule has 2 heterocycles. The first kappa shape index (κ1) is 31.0. The van der Waals surface area contributed by atoms with E-state index in [1.165, 1.54) is 19.2 Å². The van der Waals surface area contributed by atoms with Crippen LogP contribution in [0.4, 0.5) is 4.39 Å². The van der Waals surface area contributed by atoms with Gasteiger partial charge in [0.1, 0.15) is 24.1 Å². The maximum absolute atomic E-state index is 14.5. The van der Waals surface area contributed by atoms with E-state index in [0.29, 0.717) is 22.9 Å². The molecule has 7 nitrogen and oxygen atoms in total. The first-order chi connectivity index (χ1) is 20.7. The van der Waals surface area contributed by atoms with Crippen molar-refractivity contribution in [1.29, 1.82) is 0 Å². The Morgan fingerprint density at radius 2 is 1.53 bits per heavy atom. The zero-order chi connectivity index (χ0) is 30.7. The average Bonchev–Trinajstić information content (AvgIpc) is 2.98. The number of ether oxygens (including phenoxy) is 2. The minimum Gasteiger partial charge on any atom is -0.469 e. The van der Waals surface area contributed by atoms with Gasteiger partial charge in [0.15, 0.2) is 0 Å². The van der Waals surface area contributed by atoms with E-state index >= 15 is 0 Å². The number of methoxy groups -OCH3 is 1. The number of esters is 1. The van der Waals surface area contributed by atoms with Gasteiger partial charge in [0.05, 0.1) is 19.1 Å². The Morgan fingerprint density at radius 3 is 2.09 bits per heavy atom. The van der Waals surface area contributed by atoms with E-state index in [4.69, 9.17) is 32.7 Å². The Hall–Kier alpha value is -3.46. The van der Waals surface area contributed by atoms with Crippen molar-refractivity contribution < 1.29 is 28.2 Å². The highest BCUT2D eigenvalue weighted by atomic mass is 35.5. The van der Waals surface area contributed by atoms with E-state index in [0.717, 1.165) is 16.7 Å². The Kier molecular flexibility index (Phi) is 9.69. The summed E-state index contributed by atoms with van der Waals surface area (Å²) < 4.78 is 25.2. The summed E-state index contributed by atoms with van der Waals surface area (Å²) in [6, 6.07) is 18.9. The van der Waals surface area contributed by atoms with Crippen LogP contribution in [0.1, 0.15) is 48.6 Å². The second kappa shape index (κ2) is 13.5. The Bertz CT molecular complexity index is 1450.